The van der Waals surface area contributed by atoms with E-state index in [2.05, 4.69) is 31.0 Å². The van der Waals surface area contributed by atoms with Gasteiger partial charge in [-0.1, -0.05) is 0 Å². The van der Waals surface area contributed by atoms with Crippen molar-refractivity contribution >= 4 is 0 Å². The zero-order valence-corrected chi connectivity index (χ0v) is 11.5. The van der Waals surface area contributed by atoms with Crippen LogP contribution in [0, 0.1) is 0 Å². The number of nitrogens with one attached hydrogen (secondary N) is 1. The molecule has 0 unspecified atom stereocenters. The van der Waals surface area contributed by atoms with Crippen molar-refractivity contribution in [2.45, 2.75) is 26.4 Å². The molecule has 0 aromatic heterocycles. The summed E-state index contributed by atoms with van der Waals surface area (Å²) < 4.78 is 11.0. The van der Waals surface area contributed by atoms with E-state index in [4.69, 9.17) is 9.47 Å². The van der Waals surface area contributed by atoms with E-state index in [0.29, 0.717) is 0 Å². The van der Waals surface area contributed by atoms with Gasteiger partial charge in [-0.05, 0) is 34.9 Å². The molecular formula is C12H28N2O2. The summed E-state index contributed by atoms with van der Waals surface area (Å²) in [5.74, 6) is 0. The zero-order chi connectivity index (χ0) is 12.4. The maximum Gasteiger partial charge on any atom is 0.0599 e. The number of likely N-dealkylation sites (N-methyl/N-ethyl adjacent to an activating group) is 1. The van der Waals surface area contributed by atoms with E-state index in [1.807, 2.05) is 14.1 Å². The van der Waals surface area contributed by atoms with Crippen LogP contribution in [-0.2, 0) is 9.47 Å². The fourth-order valence-electron chi connectivity index (χ4n) is 1.05. The van der Waals surface area contributed by atoms with Crippen LogP contribution in [0.5, 0.6) is 0 Å². The predicted octanol–water partition coefficient (Wildman–Crippen LogP) is 0.969. The standard InChI is InChI=1S/C12H28N2O2/c1-12(2,3)16-10-7-13-6-9-15-11-8-14(4)5/h13H,6-11H2,1-5H3. The van der Waals surface area contributed by atoms with Crippen LogP contribution in [0.15, 0.2) is 0 Å². The highest BCUT2D eigenvalue weighted by atomic mass is 16.5. The van der Waals surface area contributed by atoms with Crippen LogP contribution < -0.4 is 5.32 Å². The van der Waals surface area contributed by atoms with Crippen LogP contribution in [0.4, 0.5) is 0 Å². The Hall–Kier alpha value is -0.160. The van der Waals surface area contributed by atoms with Gasteiger partial charge in [-0.15, -0.1) is 0 Å². The van der Waals surface area contributed by atoms with Crippen LogP contribution in [0.25, 0.3) is 0 Å². The van der Waals surface area contributed by atoms with Gasteiger partial charge in [-0.2, -0.15) is 0 Å². The lowest BCUT2D eigenvalue weighted by Crippen LogP contribution is -2.29. The summed E-state index contributed by atoms with van der Waals surface area (Å²) in [6, 6.07) is 0. The van der Waals surface area contributed by atoms with E-state index in [1.54, 1.807) is 0 Å². The molecular weight excluding hydrogens is 204 g/mol. The molecule has 0 heterocycles. The predicted molar refractivity (Wildman–Crippen MR) is 67.9 cm³/mol. The molecule has 0 aliphatic carbocycles. The first-order valence-corrected chi connectivity index (χ1v) is 5.99. The Bertz CT molecular complexity index is 156. The molecule has 0 amide bonds. The van der Waals surface area contributed by atoms with Gasteiger partial charge in [-0.3, -0.25) is 0 Å². The molecule has 0 aromatic carbocycles. The Labute approximate surface area is 100 Å². The van der Waals surface area contributed by atoms with Gasteiger partial charge < -0.3 is 19.7 Å². The first-order valence-electron chi connectivity index (χ1n) is 5.99. The summed E-state index contributed by atoms with van der Waals surface area (Å²) in [4.78, 5) is 2.12. The van der Waals surface area contributed by atoms with Crippen molar-refractivity contribution in [1.29, 1.82) is 0 Å². The molecule has 0 radical (unpaired) electrons. The molecule has 0 aromatic rings. The highest BCUT2D eigenvalue weighted by Crippen LogP contribution is 2.04. The lowest BCUT2D eigenvalue weighted by Gasteiger charge is -2.19. The van der Waals surface area contributed by atoms with Gasteiger partial charge in [0.1, 0.15) is 0 Å². The minimum Gasteiger partial charge on any atom is -0.379 e. The van der Waals surface area contributed by atoms with E-state index >= 15 is 0 Å². The van der Waals surface area contributed by atoms with Crippen LogP contribution in [0.3, 0.4) is 0 Å². The first-order chi connectivity index (χ1) is 7.42. The highest BCUT2D eigenvalue weighted by Gasteiger charge is 2.08. The van der Waals surface area contributed by atoms with E-state index in [9.17, 15) is 0 Å². The molecule has 0 saturated carbocycles. The summed E-state index contributed by atoms with van der Waals surface area (Å²) in [7, 11) is 4.09. The minimum atomic E-state index is -0.0378. The number of hydrogen-bond acceptors (Lipinski definition) is 4. The summed E-state index contributed by atoms with van der Waals surface area (Å²) in [5.41, 5.74) is -0.0378. The molecule has 0 spiro atoms. The summed E-state index contributed by atoms with van der Waals surface area (Å²) in [5, 5.41) is 3.28. The molecule has 4 nitrogen and oxygen atoms in total. The lowest BCUT2D eigenvalue weighted by molar-refractivity contribution is -0.00134. The van der Waals surface area contributed by atoms with Crippen molar-refractivity contribution in [3.8, 4) is 0 Å². The largest absolute Gasteiger partial charge is 0.379 e. The van der Waals surface area contributed by atoms with Gasteiger partial charge >= 0.3 is 0 Å². The molecule has 0 atom stereocenters. The Morgan fingerprint density at radius 2 is 1.62 bits per heavy atom. The fourth-order valence-corrected chi connectivity index (χ4v) is 1.05. The third-order valence-electron chi connectivity index (χ3n) is 1.92. The van der Waals surface area contributed by atoms with Gasteiger partial charge in [0.2, 0.25) is 0 Å². The average Bonchev–Trinajstić information content (AvgIpc) is 2.13. The number of hydrogen-bond donors (Lipinski definition) is 1. The monoisotopic (exact) mass is 232 g/mol. The van der Waals surface area contributed by atoms with Crippen molar-refractivity contribution in [1.82, 2.24) is 10.2 Å². The highest BCUT2D eigenvalue weighted by molar-refractivity contribution is 4.59. The number of nitrogens with zero attached hydrogens (tertiary/aromatic N) is 1. The maximum atomic E-state index is 5.58. The van der Waals surface area contributed by atoms with Crippen LogP contribution >= 0.6 is 0 Å². The molecule has 98 valence electrons. The topological polar surface area (TPSA) is 33.7 Å². The van der Waals surface area contributed by atoms with Crippen molar-refractivity contribution < 1.29 is 9.47 Å². The van der Waals surface area contributed by atoms with Gasteiger partial charge in [0.25, 0.3) is 0 Å². The molecule has 0 aliphatic heterocycles. The van der Waals surface area contributed by atoms with Crippen molar-refractivity contribution in [3.05, 3.63) is 0 Å². The first kappa shape index (κ1) is 15.8. The number of ether oxygens (including phenoxy) is 2. The van der Waals surface area contributed by atoms with E-state index in [0.717, 1.165) is 39.5 Å². The molecule has 0 saturated heterocycles. The quantitative estimate of drug-likeness (QED) is 0.601. The Morgan fingerprint density at radius 1 is 1.00 bits per heavy atom. The smallest absolute Gasteiger partial charge is 0.0599 e. The Morgan fingerprint density at radius 3 is 2.19 bits per heavy atom. The minimum absolute atomic E-state index is 0.0378. The molecule has 1 N–H and O–H groups in total. The van der Waals surface area contributed by atoms with E-state index in [-0.39, 0.29) is 5.60 Å². The molecule has 0 fully saturated rings. The maximum absolute atomic E-state index is 5.58. The second-order valence-electron chi connectivity index (χ2n) is 5.13. The summed E-state index contributed by atoms with van der Waals surface area (Å²) >= 11 is 0. The Kier molecular flexibility index (Phi) is 8.84. The third kappa shape index (κ3) is 13.8. The second kappa shape index (κ2) is 8.93. The average molecular weight is 232 g/mol. The van der Waals surface area contributed by atoms with Crippen LogP contribution in [-0.4, -0.2) is 64.1 Å². The van der Waals surface area contributed by atoms with E-state index in [1.165, 1.54) is 0 Å². The van der Waals surface area contributed by atoms with Gasteiger partial charge in [0.15, 0.2) is 0 Å². The van der Waals surface area contributed by atoms with Crippen molar-refractivity contribution in [2.24, 2.45) is 0 Å². The SMILES string of the molecule is CN(C)CCOCCNCCOC(C)(C)C. The normalized spacial score (nSPS) is 12.4. The fraction of sp³-hybridized carbons (Fsp3) is 1.00. The Balaban J connectivity index is 3.05. The molecule has 0 rings (SSSR count). The van der Waals surface area contributed by atoms with Crippen molar-refractivity contribution in [3.63, 3.8) is 0 Å². The van der Waals surface area contributed by atoms with Crippen LogP contribution in [0.1, 0.15) is 20.8 Å². The molecule has 4 heteroatoms. The summed E-state index contributed by atoms with van der Waals surface area (Å²) in [6.45, 7) is 11.3. The van der Waals surface area contributed by atoms with Crippen molar-refractivity contribution in [2.75, 3.05) is 53.6 Å². The molecule has 0 bridgehead atoms. The zero-order valence-electron chi connectivity index (χ0n) is 11.5. The van der Waals surface area contributed by atoms with Gasteiger partial charge in [0.05, 0.1) is 25.4 Å². The van der Waals surface area contributed by atoms with E-state index < -0.39 is 0 Å². The third-order valence-corrected chi connectivity index (χ3v) is 1.92. The number of rotatable bonds is 9. The summed E-state index contributed by atoms with van der Waals surface area (Å²) in [6.07, 6.45) is 0. The van der Waals surface area contributed by atoms with Gasteiger partial charge in [0, 0.05) is 19.6 Å². The molecule has 0 aliphatic rings. The second-order valence-corrected chi connectivity index (χ2v) is 5.13. The lowest BCUT2D eigenvalue weighted by atomic mass is 10.2. The molecule has 16 heavy (non-hydrogen) atoms. The van der Waals surface area contributed by atoms with Crippen LogP contribution in [0.2, 0.25) is 0 Å². The van der Waals surface area contributed by atoms with Gasteiger partial charge in [-0.25, -0.2) is 0 Å².